The van der Waals surface area contributed by atoms with Gasteiger partial charge in [-0.25, -0.2) is 12.8 Å². The minimum atomic E-state index is -3.78. The highest BCUT2D eigenvalue weighted by atomic mass is 32.2. The van der Waals surface area contributed by atoms with Gasteiger partial charge in [0.15, 0.2) is 0 Å². The lowest BCUT2D eigenvalue weighted by atomic mass is 10.2. The topological polar surface area (TPSA) is 84.7 Å². The van der Waals surface area contributed by atoms with E-state index >= 15 is 0 Å². The molecule has 9 heteroatoms. The number of ether oxygens (including phenoxy) is 1. The molecule has 1 aromatic carbocycles. The van der Waals surface area contributed by atoms with Crippen LogP contribution in [0.15, 0.2) is 35.4 Å². The van der Waals surface area contributed by atoms with Crippen LogP contribution in [0, 0.1) is 12.7 Å². The molecule has 0 amide bonds. The summed E-state index contributed by atoms with van der Waals surface area (Å²) in [6.45, 7) is 1.51. The molecule has 24 heavy (non-hydrogen) atoms. The van der Waals surface area contributed by atoms with E-state index in [0.717, 1.165) is 4.31 Å². The first kappa shape index (κ1) is 16.9. The summed E-state index contributed by atoms with van der Waals surface area (Å²) in [5.74, 6) is -0.216. The first-order valence-corrected chi connectivity index (χ1v) is 8.82. The SMILES string of the molecule is Cc1nn(C)cc1S(=O)(=O)N1C[C@@H](O)[C@H](Oc2cccc(F)c2)C1. The summed E-state index contributed by atoms with van der Waals surface area (Å²) in [7, 11) is -2.14. The third-order valence-electron chi connectivity index (χ3n) is 3.87. The number of sulfonamides is 1. The summed E-state index contributed by atoms with van der Waals surface area (Å²) in [5, 5.41) is 14.2. The molecule has 0 bridgehead atoms. The number of β-amino-alcohol motifs (C(OH)–C–C–N with tert-alkyl or cyclic N) is 1. The van der Waals surface area contributed by atoms with Gasteiger partial charge in [-0.3, -0.25) is 4.68 Å². The molecule has 1 N–H and O–H groups in total. The molecule has 1 aromatic heterocycles. The fourth-order valence-corrected chi connectivity index (χ4v) is 4.39. The maximum absolute atomic E-state index is 13.2. The molecule has 0 spiro atoms. The second kappa shape index (κ2) is 6.15. The Morgan fingerprint density at radius 3 is 2.75 bits per heavy atom. The van der Waals surface area contributed by atoms with Crippen LogP contribution >= 0.6 is 0 Å². The van der Waals surface area contributed by atoms with E-state index in [0.29, 0.717) is 5.69 Å². The van der Waals surface area contributed by atoms with Gasteiger partial charge in [0.1, 0.15) is 28.7 Å². The monoisotopic (exact) mass is 355 g/mol. The van der Waals surface area contributed by atoms with Crippen molar-refractivity contribution in [3.63, 3.8) is 0 Å². The maximum atomic E-state index is 13.2. The fourth-order valence-electron chi connectivity index (χ4n) is 2.72. The third-order valence-corrected chi connectivity index (χ3v) is 5.81. The van der Waals surface area contributed by atoms with Crippen LogP contribution in [-0.2, 0) is 17.1 Å². The summed E-state index contributed by atoms with van der Waals surface area (Å²) in [6, 6.07) is 5.51. The van der Waals surface area contributed by atoms with Gasteiger partial charge >= 0.3 is 0 Å². The van der Waals surface area contributed by atoms with Gasteiger partial charge in [-0.15, -0.1) is 0 Å². The molecule has 0 radical (unpaired) electrons. The van der Waals surface area contributed by atoms with Gasteiger partial charge in [-0.05, 0) is 19.1 Å². The highest BCUT2D eigenvalue weighted by molar-refractivity contribution is 7.89. The molecule has 3 rings (SSSR count). The van der Waals surface area contributed by atoms with Crippen LogP contribution in [0.25, 0.3) is 0 Å². The average molecular weight is 355 g/mol. The van der Waals surface area contributed by atoms with Crippen molar-refractivity contribution in [2.75, 3.05) is 13.1 Å². The molecule has 1 saturated heterocycles. The number of halogens is 1. The molecule has 0 aliphatic carbocycles. The third kappa shape index (κ3) is 3.14. The minimum Gasteiger partial charge on any atom is -0.486 e. The Bertz CT molecular complexity index is 852. The molecule has 2 aromatic rings. The Hall–Kier alpha value is -1.97. The minimum absolute atomic E-state index is 0.0195. The van der Waals surface area contributed by atoms with Crippen LogP contribution in [0.2, 0.25) is 0 Å². The Kier molecular flexibility index (Phi) is 4.33. The molecular weight excluding hydrogens is 337 g/mol. The summed E-state index contributed by atoms with van der Waals surface area (Å²) in [5.41, 5.74) is 0.390. The van der Waals surface area contributed by atoms with Crippen LogP contribution in [0.4, 0.5) is 4.39 Å². The number of aliphatic hydroxyl groups is 1. The van der Waals surface area contributed by atoms with E-state index in [4.69, 9.17) is 4.74 Å². The van der Waals surface area contributed by atoms with E-state index in [1.165, 1.54) is 29.1 Å². The first-order valence-electron chi connectivity index (χ1n) is 7.38. The van der Waals surface area contributed by atoms with Gasteiger partial charge in [0.25, 0.3) is 0 Å². The van der Waals surface area contributed by atoms with E-state index in [2.05, 4.69) is 5.10 Å². The van der Waals surface area contributed by atoms with Crippen molar-refractivity contribution in [3.8, 4) is 5.75 Å². The standard InChI is InChI=1S/C15H18FN3O4S/c1-10-15(9-18(2)17-10)24(21,22)19-7-13(20)14(8-19)23-12-5-3-4-11(16)6-12/h3-6,9,13-14,20H,7-8H2,1-2H3/t13-,14-/m1/s1. The molecular formula is C15H18FN3O4S. The number of aliphatic hydroxyl groups excluding tert-OH is 1. The number of hydrogen-bond acceptors (Lipinski definition) is 5. The van der Waals surface area contributed by atoms with Gasteiger partial charge in [0.05, 0.1) is 12.2 Å². The number of rotatable bonds is 4. The molecule has 0 unspecified atom stereocenters. The Morgan fingerprint density at radius 2 is 2.12 bits per heavy atom. The molecule has 1 aliphatic rings. The number of hydrogen-bond donors (Lipinski definition) is 1. The molecule has 0 saturated carbocycles. The van der Waals surface area contributed by atoms with Gasteiger partial charge in [-0.1, -0.05) is 6.07 Å². The summed E-state index contributed by atoms with van der Waals surface area (Å²) >= 11 is 0. The lowest BCUT2D eigenvalue weighted by molar-refractivity contribution is 0.0735. The smallest absolute Gasteiger partial charge is 0.246 e. The van der Waals surface area contributed by atoms with Crippen LogP contribution in [0.1, 0.15) is 5.69 Å². The predicted molar refractivity (Wildman–Crippen MR) is 83.5 cm³/mol. The first-order chi connectivity index (χ1) is 11.3. The summed E-state index contributed by atoms with van der Waals surface area (Å²) in [6.07, 6.45) is -0.337. The normalized spacial score (nSPS) is 22.0. The van der Waals surface area contributed by atoms with Crippen molar-refractivity contribution in [1.29, 1.82) is 0 Å². The molecule has 2 atom stereocenters. The lowest BCUT2D eigenvalue weighted by Gasteiger charge is -2.17. The van der Waals surface area contributed by atoms with Crippen LogP contribution in [0.3, 0.4) is 0 Å². The molecule has 1 aliphatic heterocycles. The van der Waals surface area contributed by atoms with Gasteiger partial charge in [0, 0.05) is 25.9 Å². The second-order valence-corrected chi connectivity index (χ2v) is 7.66. The van der Waals surface area contributed by atoms with E-state index in [1.807, 2.05) is 0 Å². The van der Waals surface area contributed by atoms with E-state index in [9.17, 15) is 17.9 Å². The van der Waals surface area contributed by atoms with Crippen LogP contribution in [0.5, 0.6) is 5.75 Å². The maximum Gasteiger partial charge on any atom is 0.246 e. The highest BCUT2D eigenvalue weighted by Crippen LogP contribution is 2.26. The zero-order chi connectivity index (χ0) is 17.5. The quantitative estimate of drug-likeness (QED) is 0.872. The Balaban J connectivity index is 1.79. The molecule has 1 fully saturated rings. The van der Waals surface area contributed by atoms with Crippen LogP contribution in [-0.4, -0.2) is 52.9 Å². The average Bonchev–Trinajstić information content (AvgIpc) is 3.03. The van der Waals surface area contributed by atoms with E-state index in [1.54, 1.807) is 20.0 Å². The number of nitrogens with zero attached hydrogens (tertiary/aromatic N) is 3. The van der Waals surface area contributed by atoms with Crippen molar-refractivity contribution < 1.29 is 22.7 Å². The predicted octanol–water partition coefficient (Wildman–Crippen LogP) is 0.680. The molecule has 7 nitrogen and oxygen atoms in total. The highest BCUT2D eigenvalue weighted by Gasteiger charge is 2.41. The Morgan fingerprint density at radius 1 is 1.38 bits per heavy atom. The summed E-state index contributed by atoms with van der Waals surface area (Å²) < 4.78 is 46.8. The Labute approximate surface area is 139 Å². The van der Waals surface area contributed by atoms with E-state index < -0.39 is 28.0 Å². The van der Waals surface area contributed by atoms with Crippen LogP contribution < -0.4 is 4.74 Å². The number of aromatic nitrogens is 2. The number of aryl methyl sites for hydroxylation is 2. The van der Waals surface area contributed by atoms with Gasteiger partial charge in [0.2, 0.25) is 10.0 Å². The number of benzene rings is 1. The van der Waals surface area contributed by atoms with Crippen molar-refractivity contribution in [2.24, 2.45) is 7.05 Å². The van der Waals surface area contributed by atoms with Crippen molar-refractivity contribution in [1.82, 2.24) is 14.1 Å². The van der Waals surface area contributed by atoms with Crippen molar-refractivity contribution in [3.05, 3.63) is 42.0 Å². The van der Waals surface area contributed by atoms with Gasteiger partial charge in [-0.2, -0.15) is 9.40 Å². The zero-order valence-corrected chi connectivity index (χ0v) is 14.1. The molecule has 130 valence electrons. The fraction of sp³-hybridized carbons (Fsp3) is 0.400. The van der Waals surface area contributed by atoms with Crippen molar-refractivity contribution >= 4 is 10.0 Å². The largest absolute Gasteiger partial charge is 0.486 e. The van der Waals surface area contributed by atoms with Gasteiger partial charge < -0.3 is 9.84 Å². The lowest BCUT2D eigenvalue weighted by Crippen LogP contribution is -2.31. The summed E-state index contributed by atoms with van der Waals surface area (Å²) in [4.78, 5) is 0.101. The zero-order valence-electron chi connectivity index (χ0n) is 13.3. The van der Waals surface area contributed by atoms with Crippen molar-refractivity contribution in [2.45, 2.75) is 24.0 Å². The molecule has 2 heterocycles. The van der Waals surface area contributed by atoms with E-state index in [-0.39, 0.29) is 23.7 Å². The second-order valence-electron chi connectivity index (χ2n) is 5.76.